The molecule has 10 heteroatoms. The molecule has 0 unspecified atom stereocenters. The van der Waals surface area contributed by atoms with Gasteiger partial charge in [-0.3, -0.25) is 10.1 Å². The summed E-state index contributed by atoms with van der Waals surface area (Å²) in [4.78, 5) is 25.0. The molecular formula is C13H13F3N2O5. The molecule has 1 aliphatic rings. The molecule has 0 bridgehead atoms. The molecule has 7 nitrogen and oxygen atoms in total. The number of carbonyl (C=O) groups is 1. The van der Waals surface area contributed by atoms with Gasteiger partial charge in [-0.05, 0) is 12.1 Å². The molecule has 1 saturated heterocycles. The number of benzene rings is 1. The number of alkyl halides is 3. The van der Waals surface area contributed by atoms with Gasteiger partial charge >= 0.3 is 12.1 Å². The maximum atomic E-state index is 12.1. The maximum Gasteiger partial charge on any atom is 0.492 e. The van der Waals surface area contributed by atoms with E-state index in [0.717, 1.165) is 5.06 Å². The van der Waals surface area contributed by atoms with Gasteiger partial charge in [-0.25, -0.2) is 4.79 Å². The molecule has 0 atom stereocenters. The second-order valence-corrected chi connectivity index (χ2v) is 4.87. The summed E-state index contributed by atoms with van der Waals surface area (Å²) in [6.07, 6.45) is -4.56. The predicted molar refractivity (Wildman–Crippen MR) is 70.5 cm³/mol. The zero-order chi connectivity index (χ0) is 17.0. The summed E-state index contributed by atoms with van der Waals surface area (Å²) in [5, 5.41) is 11.5. The Morgan fingerprint density at radius 2 is 1.78 bits per heavy atom. The van der Waals surface area contributed by atoms with E-state index in [-0.39, 0.29) is 24.9 Å². The zero-order valence-corrected chi connectivity index (χ0v) is 11.8. The van der Waals surface area contributed by atoms with Crippen LogP contribution >= 0.6 is 0 Å². The molecule has 1 heterocycles. The lowest BCUT2D eigenvalue weighted by Gasteiger charge is -2.30. The lowest BCUT2D eigenvalue weighted by molar-refractivity contribution is -0.384. The third-order valence-electron chi connectivity index (χ3n) is 3.19. The van der Waals surface area contributed by atoms with Gasteiger partial charge in [-0.2, -0.15) is 13.2 Å². The number of carbonyl (C=O) groups excluding carboxylic acids is 1. The maximum absolute atomic E-state index is 12.1. The number of nitrogens with zero attached hydrogens (tertiary/aromatic N) is 2. The number of rotatable bonds is 4. The quantitative estimate of drug-likeness (QED) is 0.621. The Labute approximate surface area is 128 Å². The summed E-state index contributed by atoms with van der Waals surface area (Å²) < 4.78 is 41.9. The van der Waals surface area contributed by atoms with Crippen LogP contribution in [0.4, 0.5) is 18.9 Å². The molecule has 0 saturated carbocycles. The monoisotopic (exact) mass is 334 g/mol. The van der Waals surface area contributed by atoms with E-state index in [2.05, 4.69) is 4.84 Å². The Morgan fingerprint density at radius 3 is 2.26 bits per heavy atom. The molecule has 0 aliphatic carbocycles. The third kappa shape index (κ3) is 4.81. The van der Waals surface area contributed by atoms with E-state index in [4.69, 9.17) is 4.74 Å². The van der Waals surface area contributed by atoms with Crippen molar-refractivity contribution in [2.45, 2.75) is 25.1 Å². The Kier molecular flexibility index (Phi) is 5.04. The summed E-state index contributed by atoms with van der Waals surface area (Å²) in [5.41, 5.74) is -0.0637. The van der Waals surface area contributed by atoms with E-state index < -0.39 is 17.1 Å². The van der Waals surface area contributed by atoms with Crippen LogP contribution in [-0.4, -0.2) is 41.3 Å². The first-order valence-corrected chi connectivity index (χ1v) is 6.71. The van der Waals surface area contributed by atoms with E-state index in [1.165, 1.54) is 24.3 Å². The van der Waals surface area contributed by atoms with Gasteiger partial charge in [0.1, 0.15) is 11.9 Å². The smallest absolute Gasteiger partial charge is 0.490 e. The predicted octanol–water partition coefficient (Wildman–Crippen LogP) is 2.46. The summed E-state index contributed by atoms with van der Waals surface area (Å²) in [6.45, 7) is 0.221. The van der Waals surface area contributed by atoms with Gasteiger partial charge in [0.05, 0.1) is 4.92 Å². The van der Waals surface area contributed by atoms with Gasteiger partial charge in [-0.15, -0.1) is 5.06 Å². The number of nitro groups is 1. The van der Waals surface area contributed by atoms with Crippen molar-refractivity contribution in [1.82, 2.24) is 5.06 Å². The summed E-state index contributed by atoms with van der Waals surface area (Å²) in [5.74, 6) is -1.81. The number of hydrogen-bond donors (Lipinski definition) is 0. The zero-order valence-electron chi connectivity index (χ0n) is 11.8. The van der Waals surface area contributed by atoms with Crippen LogP contribution in [-0.2, 0) is 9.63 Å². The average Bonchev–Trinajstić information content (AvgIpc) is 2.49. The van der Waals surface area contributed by atoms with Gasteiger partial charge < -0.3 is 9.57 Å². The van der Waals surface area contributed by atoms with Crippen LogP contribution in [0.15, 0.2) is 24.3 Å². The number of hydrogen-bond acceptors (Lipinski definition) is 6. The fourth-order valence-corrected chi connectivity index (χ4v) is 2.05. The van der Waals surface area contributed by atoms with Gasteiger partial charge in [-0.1, -0.05) is 0 Å². The van der Waals surface area contributed by atoms with Crippen LogP contribution in [0.5, 0.6) is 5.75 Å². The first-order chi connectivity index (χ1) is 10.8. The number of non-ortho nitro benzene ring substituents is 1. The van der Waals surface area contributed by atoms with E-state index >= 15 is 0 Å². The van der Waals surface area contributed by atoms with Crippen molar-refractivity contribution in [2.24, 2.45) is 0 Å². The highest BCUT2D eigenvalue weighted by Gasteiger charge is 2.43. The molecule has 1 fully saturated rings. The van der Waals surface area contributed by atoms with Gasteiger partial charge in [0.2, 0.25) is 0 Å². The minimum atomic E-state index is -5.02. The van der Waals surface area contributed by atoms with Crippen molar-refractivity contribution < 1.29 is 32.5 Å². The molecule has 0 aromatic heterocycles. The molecule has 126 valence electrons. The van der Waals surface area contributed by atoms with Crippen LogP contribution in [0.25, 0.3) is 0 Å². The molecule has 1 aromatic rings. The van der Waals surface area contributed by atoms with Gasteiger partial charge in [0.25, 0.3) is 5.69 Å². The molecule has 0 radical (unpaired) electrons. The van der Waals surface area contributed by atoms with E-state index in [9.17, 15) is 28.1 Å². The third-order valence-corrected chi connectivity index (χ3v) is 3.19. The Hall–Kier alpha value is -2.36. The number of piperidine rings is 1. The second kappa shape index (κ2) is 6.82. The topological polar surface area (TPSA) is 81.9 Å². The van der Waals surface area contributed by atoms with Gasteiger partial charge in [0.15, 0.2) is 0 Å². The Balaban J connectivity index is 1.80. The molecule has 1 aromatic carbocycles. The van der Waals surface area contributed by atoms with Crippen molar-refractivity contribution in [2.75, 3.05) is 13.1 Å². The molecule has 1 aliphatic heterocycles. The highest BCUT2D eigenvalue weighted by atomic mass is 19.4. The van der Waals surface area contributed by atoms with Crippen LogP contribution in [0.3, 0.4) is 0 Å². The molecule has 0 spiro atoms. The lowest BCUT2D eigenvalue weighted by Crippen LogP contribution is -2.42. The SMILES string of the molecule is O=C(ON1CCC(Oc2ccc([N+](=O)[O-])cc2)CC1)C(F)(F)F. The van der Waals surface area contributed by atoms with Crippen LogP contribution in [0.2, 0.25) is 0 Å². The second-order valence-electron chi connectivity index (χ2n) is 4.87. The Morgan fingerprint density at radius 1 is 1.22 bits per heavy atom. The van der Waals surface area contributed by atoms with Crippen LogP contribution in [0.1, 0.15) is 12.8 Å². The average molecular weight is 334 g/mol. The molecule has 0 N–H and O–H groups in total. The molecule has 2 rings (SSSR count). The van der Waals surface area contributed by atoms with Crippen molar-refractivity contribution in [3.8, 4) is 5.75 Å². The lowest BCUT2D eigenvalue weighted by atomic mass is 10.1. The minimum Gasteiger partial charge on any atom is -0.490 e. The summed E-state index contributed by atoms with van der Waals surface area (Å²) in [6, 6.07) is 5.51. The fraction of sp³-hybridized carbons (Fsp3) is 0.462. The number of halogens is 3. The minimum absolute atomic E-state index is 0.0637. The van der Waals surface area contributed by atoms with Crippen LogP contribution < -0.4 is 4.74 Å². The van der Waals surface area contributed by atoms with Gasteiger partial charge in [0, 0.05) is 38.1 Å². The van der Waals surface area contributed by atoms with Crippen molar-refractivity contribution in [3.63, 3.8) is 0 Å². The largest absolute Gasteiger partial charge is 0.492 e. The number of nitro benzene ring substituents is 1. The number of ether oxygens (including phenoxy) is 1. The highest BCUT2D eigenvalue weighted by molar-refractivity contribution is 5.75. The van der Waals surface area contributed by atoms with E-state index in [0.29, 0.717) is 18.6 Å². The molecule has 0 amide bonds. The summed E-state index contributed by atoms with van der Waals surface area (Å²) in [7, 11) is 0. The normalized spacial score (nSPS) is 16.8. The summed E-state index contributed by atoms with van der Waals surface area (Å²) >= 11 is 0. The number of hydroxylamine groups is 2. The first-order valence-electron chi connectivity index (χ1n) is 6.71. The van der Waals surface area contributed by atoms with Crippen molar-refractivity contribution in [3.05, 3.63) is 34.4 Å². The van der Waals surface area contributed by atoms with E-state index in [1.54, 1.807) is 0 Å². The first kappa shape index (κ1) is 17.0. The fourth-order valence-electron chi connectivity index (χ4n) is 2.05. The van der Waals surface area contributed by atoms with Crippen molar-refractivity contribution in [1.29, 1.82) is 0 Å². The molecular weight excluding hydrogens is 321 g/mol. The standard InChI is InChI=1S/C13H13F3N2O5/c14-13(15,16)12(19)23-17-7-5-11(6-8-17)22-10-3-1-9(2-4-10)18(20)21/h1-4,11H,5-8H2. The van der Waals surface area contributed by atoms with E-state index in [1.807, 2.05) is 0 Å². The highest BCUT2D eigenvalue weighted by Crippen LogP contribution is 2.23. The molecule has 23 heavy (non-hydrogen) atoms. The van der Waals surface area contributed by atoms with Crippen molar-refractivity contribution >= 4 is 11.7 Å². The van der Waals surface area contributed by atoms with Crippen LogP contribution in [0, 0.1) is 10.1 Å². The Bertz CT molecular complexity index is 568.